The molecule has 5 rings (SSSR count). The van der Waals surface area contributed by atoms with Crippen molar-refractivity contribution in [3.8, 4) is 10.8 Å². The molecule has 0 saturated carbocycles. The van der Waals surface area contributed by atoms with Gasteiger partial charge in [-0.3, -0.25) is 4.79 Å². The minimum absolute atomic E-state index is 0.133. The Morgan fingerprint density at radius 3 is 2.81 bits per heavy atom. The Labute approximate surface area is 186 Å². The van der Waals surface area contributed by atoms with Gasteiger partial charge in [-0.05, 0) is 36.1 Å². The molecule has 0 bridgehead atoms. The second kappa shape index (κ2) is 8.52. The van der Waals surface area contributed by atoms with Gasteiger partial charge in [-0.1, -0.05) is 47.7 Å². The zero-order valence-electron chi connectivity index (χ0n) is 16.6. The molecule has 0 radical (unpaired) electrons. The van der Waals surface area contributed by atoms with Gasteiger partial charge >= 0.3 is 0 Å². The van der Waals surface area contributed by atoms with E-state index in [1.165, 1.54) is 33.7 Å². The highest BCUT2D eigenvalue weighted by Gasteiger charge is 2.35. The summed E-state index contributed by atoms with van der Waals surface area (Å²) >= 11 is 2.73. The molecule has 0 unspecified atom stereocenters. The lowest BCUT2D eigenvalue weighted by molar-refractivity contribution is -0.130. The van der Waals surface area contributed by atoms with E-state index in [2.05, 4.69) is 15.3 Å². The topological polar surface area (TPSA) is 84.7 Å². The molecule has 9 heteroatoms. The van der Waals surface area contributed by atoms with Crippen LogP contribution in [0.5, 0.6) is 0 Å². The monoisotopic (exact) mass is 450 g/mol. The molecule has 4 heterocycles. The van der Waals surface area contributed by atoms with Gasteiger partial charge in [0, 0.05) is 6.42 Å². The molecule has 0 aliphatic carbocycles. The summed E-state index contributed by atoms with van der Waals surface area (Å²) in [4.78, 5) is 14.0. The molecule has 4 aromatic rings. The highest BCUT2D eigenvalue weighted by molar-refractivity contribution is 7.99. The van der Waals surface area contributed by atoms with Crippen LogP contribution in [0.3, 0.4) is 0 Å². The van der Waals surface area contributed by atoms with Crippen LogP contribution in [0.25, 0.3) is 10.8 Å². The number of aromatic nitrogens is 2. The SMILES string of the molecule is Cc1ccc(C2=NN(C(=O)CSc3nnc(-c4cccs4)o3)[C@@H](c3ccco3)C2)cc1. The number of thiophene rings is 1. The molecule has 3 aromatic heterocycles. The molecular weight excluding hydrogens is 432 g/mol. The molecule has 1 aliphatic heterocycles. The van der Waals surface area contributed by atoms with Gasteiger partial charge in [-0.15, -0.1) is 21.5 Å². The van der Waals surface area contributed by atoms with Crippen LogP contribution < -0.4 is 0 Å². The van der Waals surface area contributed by atoms with Crippen LogP contribution in [-0.4, -0.2) is 32.6 Å². The minimum atomic E-state index is -0.274. The lowest BCUT2D eigenvalue weighted by atomic mass is 10.0. The van der Waals surface area contributed by atoms with Crippen LogP contribution in [0.2, 0.25) is 0 Å². The summed E-state index contributed by atoms with van der Waals surface area (Å²) in [5.74, 6) is 1.15. The quantitative estimate of drug-likeness (QED) is 0.377. The number of carbonyl (C=O) groups excluding carboxylic acids is 1. The van der Waals surface area contributed by atoms with Crippen molar-refractivity contribution in [3.05, 3.63) is 77.1 Å². The molecule has 1 aromatic carbocycles. The summed E-state index contributed by atoms with van der Waals surface area (Å²) in [5.41, 5.74) is 3.04. The van der Waals surface area contributed by atoms with Crippen LogP contribution >= 0.6 is 23.1 Å². The van der Waals surface area contributed by atoms with E-state index in [1.54, 1.807) is 6.26 Å². The highest BCUT2D eigenvalue weighted by atomic mass is 32.2. The lowest BCUT2D eigenvalue weighted by Gasteiger charge is -2.19. The van der Waals surface area contributed by atoms with E-state index in [9.17, 15) is 4.79 Å². The number of nitrogens with zero attached hydrogens (tertiary/aromatic N) is 4. The Hall–Kier alpha value is -3.17. The zero-order valence-corrected chi connectivity index (χ0v) is 18.2. The predicted octanol–water partition coefficient (Wildman–Crippen LogP) is 5.17. The van der Waals surface area contributed by atoms with E-state index in [-0.39, 0.29) is 17.7 Å². The molecule has 0 spiro atoms. The van der Waals surface area contributed by atoms with Crippen LogP contribution in [0.1, 0.15) is 29.3 Å². The van der Waals surface area contributed by atoms with E-state index in [4.69, 9.17) is 8.83 Å². The first-order valence-corrected chi connectivity index (χ1v) is 11.5. The molecule has 0 fully saturated rings. The number of thioether (sulfide) groups is 1. The van der Waals surface area contributed by atoms with Crippen molar-refractivity contribution < 1.29 is 13.6 Å². The predicted molar refractivity (Wildman–Crippen MR) is 119 cm³/mol. The maximum atomic E-state index is 13.1. The Morgan fingerprint density at radius 2 is 2.06 bits per heavy atom. The first kappa shape index (κ1) is 19.8. The molecule has 1 aliphatic rings. The Kier molecular flexibility index (Phi) is 5.44. The first-order chi connectivity index (χ1) is 15.2. The summed E-state index contributed by atoms with van der Waals surface area (Å²) in [6.07, 6.45) is 2.21. The molecule has 1 atom stereocenters. The third-order valence-corrected chi connectivity index (χ3v) is 6.54. The summed E-state index contributed by atoms with van der Waals surface area (Å²) in [6, 6.07) is 15.4. The molecule has 0 N–H and O–H groups in total. The molecule has 1 amide bonds. The fraction of sp³-hybridized carbons (Fsp3) is 0.182. The van der Waals surface area contributed by atoms with Crippen molar-refractivity contribution >= 4 is 34.7 Å². The molecule has 0 saturated heterocycles. The standard InChI is InChI=1S/C22H18N4O3S2/c1-14-6-8-15(9-7-14)16-12-17(18-4-2-10-28-18)26(25-16)20(27)13-31-22-24-23-21(29-22)19-5-3-11-30-19/h2-11,17H,12-13H2,1H3/t17-/m1/s1. The molecule has 156 valence electrons. The van der Waals surface area contributed by atoms with Crippen molar-refractivity contribution in [3.63, 3.8) is 0 Å². The number of furan rings is 1. The number of benzene rings is 1. The maximum Gasteiger partial charge on any atom is 0.277 e. The van der Waals surface area contributed by atoms with Gasteiger partial charge in [-0.2, -0.15) is 5.10 Å². The van der Waals surface area contributed by atoms with Gasteiger partial charge in [-0.25, -0.2) is 5.01 Å². The van der Waals surface area contributed by atoms with Gasteiger partial charge in [0.2, 0.25) is 0 Å². The summed E-state index contributed by atoms with van der Waals surface area (Å²) < 4.78 is 11.3. The van der Waals surface area contributed by atoms with Crippen molar-refractivity contribution in [1.82, 2.24) is 15.2 Å². The number of rotatable bonds is 6. The average molecular weight is 451 g/mol. The number of amides is 1. The maximum absolute atomic E-state index is 13.1. The number of carbonyl (C=O) groups is 1. The van der Waals surface area contributed by atoms with Crippen LogP contribution in [0.15, 0.2) is 79.3 Å². The second-order valence-electron chi connectivity index (χ2n) is 7.03. The van der Waals surface area contributed by atoms with Crippen LogP contribution in [0.4, 0.5) is 0 Å². The number of hydrogen-bond acceptors (Lipinski definition) is 8. The second-order valence-corrected chi connectivity index (χ2v) is 8.90. The first-order valence-electron chi connectivity index (χ1n) is 9.67. The van der Waals surface area contributed by atoms with E-state index in [1.807, 2.05) is 60.8 Å². The van der Waals surface area contributed by atoms with Gasteiger partial charge in [0.1, 0.15) is 11.8 Å². The van der Waals surface area contributed by atoms with Gasteiger partial charge < -0.3 is 8.83 Å². The van der Waals surface area contributed by atoms with Crippen molar-refractivity contribution in [2.75, 3.05) is 5.75 Å². The average Bonchev–Trinajstić information content (AvgIpc) is 3.58. The van der Waals surface area contributed by atoms with E-state index < -0.39 is 0 Å². The zero-order chi connectivity index (χ0) is 21.2. The Morgan fingerprint density at radius 1 is 1.19 bits per heavy atom. The third-order valence-electron chi connectivity index (χ3n) is 4.88. The minimum Gasteiger partial charge on any atom is -0.467 e. The van der Waals surface area contributed by atoms with Gasteiger partial charge in [0.15, 0.2) is 0 Å². The van der Waals surface area contributed by atoms with Crippen molar-refractivity contribution in [2.24, 2.45) is 5.10 Å². The van der Waals surface area contributed by atoms with Crippen LogP contribution in [-0.2, 0) is 4.79 Å². The van der Waals surface area contributed by atoms with Crippen LogP contribution in [0, 0.1) is 6.92 Å². The fourth-order valence-electron chi connectivity index (χ4n) is 3.32. The largest absolute Gasteiger partial charge is 0.467 e. The lowest BCUT2D eigenvalue weighted by Crippen LogP contribution is -2.28. The van der Waals surface area contributed by atoms with Gasteiger partial charge in [0.05, 0.1) is 22.6 Å². The summed E-state index contributed by atoms with van der Waals surface area (Å²) in [7, 11) is 0. The Balaban J connectivity index is 1.33. The normalized spacial score (nSPS) is 16.0. The summed E-state index contributed by atoms with van der Waals surface area (Å²) in [5, 5.41) is 16.6. The highest BCUT2D eigenvalue weighted by Crippen LogP contribution is 2.34. The Bertz CT molecular complexity index is 1200. The fourth-order valence-corrected chi connectivity index (χ4v) is 4.58. The summed E-state index contributed by atoms with van der Waals surface area (Å²) in [6.45, 7) is 2.04. The number of aryl methyl sites for hydroxylation is 1. The van der Waals surface area contributed by atoms with E-state index in [0.29, 0.717) is 23.3 Å². The van der Waals surface area contributed by atoms with E-state index in [0.717, 1.165) is 16.2 Å². The number of hydrogen-bond donors (Lipinski definition) is 0. The van der Waals surface area contributed by atoms with Gasteiger partial charge in [0.25, 0.3) is 17.0 Å². The molecular formula is C22H18N4O3S2. The number of hydrazone groups is 1. The van der Waals surface area contributed by atoms with E-state index >= 15 is 0 Å². The molecule has 7 nitrogen and oxygen atoms in total. The third kappa shape index (κ3) is 4.19. The molecule has 31 heavy (non-hydrogen) atoms. The van der Waals surface area contributed by atoms with Crippen molar-refractivity contribution in [1.29, 1.82) is 0 Å². The van der Waals surface area contributed by atoms with Crippen molar-refractivity contribution in [2.45, 2.75) is 24.6 Å². The smallest absolute Gasteiger partial charge is 0.277 e.